The summed E-state index contributed by atoms with van der Waals surface area (Å²) < 4.78 is 0. The normalized spacial score (nSPS) is 18.6. The summed E-state index contributed by atoms with van der Waals surface area (Å²) in [4.78, 5) is 10.5. The molecule has 0 amide bonds. The van der Waals surface area contributed by atoms with Crippen molar-refractivity contribution >= 4 is 16.9 Å². The highest BCUT2D eigenvalue weighted by Gasteiger charge is 2.44. The molecular weight excluding hydrogens is 348 g/mol. The van der Waals surface area contributed by atoms with Gasteiger partial charge in [-0.25, -0.2) is 0 Å². The number of pyridine rings is 1. The number of hydrogen-bond acceptors (Lipinski definition) is 3. The molecule has 0 bridgehead atoms. The van der Waals surface area contributed by atoms with Gasteiger partial charge in [0.2, 0.25) is 0 Å². The molecular formula is C24H20N2O2. The van der Waals surface area contributed by atoms with E-state index in [1.807, 2.05) is 72.8 Å². The molecule has 2 aromatic carbocycles. The van der Waals surface area contributed by atoms with Crippen LogP contribution in [0.4, 0.5) is 0 Å². The van der Waals surface area contributed by atoms with Gasteiger partial charge in [0.05, 0.1) is 5.92 Å². The minimum Gasteiger partial charge on any atom is -0.394 e. The summed E-state index contributed by atoms with van der Waals surface area (Å²) in [5.74, 6) is -0.332. The number of hydrogen-bond donors (Lipinski definition) is 0. The Morgan fingerprint density at radius 2 is 1.43 bits per heavy atom. The van der Waals surface area contributed by atoms with Gasteiger partial charge in [-0.2, -0.15) is 0 Å². The van der Waals surface area contributed by atoms with Crippen LogP contribution >= 0.6 is 0 Å². The summed E-state index contributed by atoms with van der Waals surface area (Å²) in [6.45, 7) is 8.43. The fourth-order valence-electron chi connectivity index (χ4n) is 3.55. The first-order chi connectivity index (χ1) is 13.7. The zero-order valence-electron chi connectivity index (χ0n) is 15.4. The lowest BCUT2D eigenvalue weighted by Crippen LogP contribution is -2.23. The lowest BCUT2D eigenvalue weighted by atomic mass is 9.81. The maximum absolute atomic E-state index is 12.9. The molecule has 0 spiro atoms. The first-order valence-electron chi connectivity index (χ1n) is 9.06. The number of aromatic nitrogens is 1. The van der Waals surface area contributed by atoms with Crippen molar-refractivity contribution in [2.75, 3.05) is 0 Å². The van der Waals surface area contributed by atoms with Gasteiger partial charge in [0.25, 0.3) is 5.71 Å². The SMILES string of the molecule is C=C(C1=[N+]([O-])O[C@@H](C(=C)c2ccccc2)[C@@H]1c1ccncc1)c1ccccc1. The average molecular weight is 368 g/mol. The zero-order chi connectivity index (χ0) is 19.5. The average Bonchev–Trinajstić information content (AvgIpc) is 3.11. The van der Waals surface area contributed by atoms with Crippen molar-refractivity contribution in [1.82, 2.24) is 4.98 Å². The standard InChI is InChI=1S/C24H20N2O2/c1-17(19-9-5-3-6-10-19)23-22(21-13-15-25-16-14-21)24(28-26(23)27)18(2)20-11-7-4-8-12-20/h3-16,22,24H,1-2H2/t22-,24+/m1/s1. The van der Waals surface area contributed by atoms with Crippen LogP contribution < -0.4 is 0 Å². The largest absolute Gasteiger partial charge is 0.394 e. The fraction of sp³-hybridized carbons (Fsp3) is 0.0833. The van der Waals surface area contributed by atoms with Crippen LogP contribution in [0.5, 0.6) is 0 Å². The van der Waals surface area contributed by atoms with Crippen LogP contribution in [0.25, 0.3) is 11.1 Å². The van der Waals surface area contributed by atoms with Crippen molar-refractivity contribution in [1.29, 1.82) is 0 Å². The first kappa shape index (κ1) is 17.7. The zero-order valence-corrected chi connectivity index (χ0v) is 15.4. The minimum absolute atomic E-state index is 0.332. The van der Waals surface area contributed by atoms with Crippen LogP contribution in [-0.2, 0) is 4.84 Å². The number of rotatable bonds is 5. The summed E-state index contributed by atoms with van der Waals surface area (Å²) in [7, 11) is 0. The second kappa shape index (κ2) is 7.53. The summed E-state index contributed by atoms with van der Waals surface area (Å²) >= 11 is 0. The topological polar surface area (TPSA) is 48.2 Å². The van der Waals surface area contributed by atoms with Crippen LogP contribution in [-0.4, -0.2) is 21.7 Å². The molecule has 0 saturated heterocycles. The van der Waals surface area contributed by atoms with E-state index in [1.165, 1.54) is 0 Å². The Morgan fingerprint density at radius 3 is 2.04 bits per heavy atom. The molecule has 0 unspecified atom stereocenters. The third kappa shape index (κ3) is 3.21. The van der Waals surface area contributed by atoms with Gasteiger partial charge >= 0.3 is 0 Å². The van der Waals surface area contributed by atoms with Gasteiger partial charge in [0, 0.05) is 22.9 Å². The van der Waals surface area contributed by atoms with E-state index in [9.17, 15) is 5.21 Å². The number of allylic oxidation sites excluding steroid dienone is 1. The van der Waals surface area contributed by atoms with Gasteiger partial charge in [0.15, 0.2) is 0 Å². The molecule has 1 aliphatic rings. The minimum atomic E-state index is -0.530. The van der Waals surface area contributed by atoms with Crippen LogP contribution in [0.15, 0.2) is 98.3 Å². The molecule has 0 aliphatic carbocycles. The van der Waals surface area contributed by atoms with E-state index in [2.05, 4.69) is 18.1 Å². The fourth-order valence-corrected chi connectivity index (χ4v) is 3.55. The molecule has 0 saturated carbocycles. The Labute approximate surface area is 164 Å². The smallest absolute Gasteiger partial charge is 0.261 e. The van der Waals surface area contributed by atoms with E-state index in [0.717, 1.165) is 22.3 Å². The Morgan fingerprint density at radius 1 is 0.857 bits per heavy atom. The van der Waals surface area contributed by atoms with E-state index in [4.69, 9.17) is 4.84 Å². The molecule has 138 valence electrons. The van der Waals surface area contributed by atoms with Crippen molar-refractivity contribution in [3.05, 3.63) is 120 Å². The number of benzene rings is 2. The summed E-state index contributed by atoms with van der Waals surface area (Å²) in [6, 6.07) is 23.2. The van der Waals surface area contributed by atoms with Gasteiger partial charge in [-0.1, -0.05) is 73.8 Å². The van der Waals surface area contributed by atoms with Gasteiger partial charge in [-0.15, -0.1) is 0 Å². The molecule has 4 heteroatoms. The highest BCUT2D eigenvalue weighted by atomic mass is 16.9. The molecule has 0 N–H and O–H groups in total. The molecule has 3 aromatic rings. The number of nitrogens with zero attached hydrogens (tertiary/aromatic N) is 2. The summed E-state index contributed by atoms with van der Waals surface area (Å²) in [6.07, 6.45) is 2.90. The molecule has 1 aromatic heterocycles. The Kier molecular flexibility index (Phi) is 4.77. The van der Waals surface area contributed by atoms with Gasteiger partial charge in [0.1, 0.15) is 6.10 Å². The Balaban J connectivity index is 1.78. The van der Waals surface area contributed by atoms with E-state index in [1.54, 1.807) is 12.4 Å². The molecule has 0 fully saturated rings. The van der Waals surface area contributed by atoms with Crippen LogP contribution in [0, 0.1) is 5.21 Å². The van der Waals surface area contributed by atoms with Gasteiger partial charge in [-0.05, 0) is 34.4 Å². The molecule has 28 heavy (non-hydrogen) atoms. The Bertz CT molecular complexity index is 1030. The quantitative estimate of drug-likeness (QED) is 0.605. The highest BCUT2D eigenvalue weighted by Crippen LogP contribution is 2.39. The second-order valence-corrected chi connectivity index (χ2v) is 6.66. The highest BCUT2D eigenvalue weighted by molar-refractivity contribution is 6.24. The summed E-state index contributed by atoms with van der Waals surface area (Å²) in [5, 5.41) is 12.9. The van der Waals surface area contributed by atoms with E-state index in [-0.39, 0.29) is 5.92 Å². The van der Waals surface area contributed by atoms with E-state index in [0.29, 0.717) is 16.2 Å². The van der Waals surface area contributed by atoms with Crippen molar-refractivity contribution < 1.29 is 9.74 Å². The van der Waals surface area contributed by atoms with E-state index < -0.39 is 6.10 Å². The van der Waals surface area contributed by atoms with Crippen molar-refractivity contribution in [3.63, 3.8) is 0 Å². The lowest BCUT2D eigenvalue weighted by Gasteiger charge is -2.22. The molecule has 0 radical (unpaired) electrons. The third-order valence-electron chi connectivity index (χ3n) is 4.99. The second-order valence-electron chi connectivity index (χ2n) is 6.66. The Hall–Kier alpha value is -3.66. The predicted octanol–water partition coefficient (Wildman–Crippen LogP) is 4.86. The maximum Gasteiger partial charge on any atom is 0.261 e. The molecule has 2 atom stereocenters. The van der Waals surface area contributed by atoms with Crippen LogP contribution in [0.1, 0.15) is 22.6 Å². The maximum atomic E-state index is 12.9. The van der Waals surface area contributed by atoms with Crippen LogP contribution in [0.2, 0.25) is 0 Å². The van der Waals surface area contributed by atoms with Crippen molar-refractivity contribution in [2.24, 2.45) is 0 Å². The molecule has 1 aliphatic heterocycles. The predicted molar refractivity (Wildman–Crippen MR) is 111 cm³/mol. The van der Waals surface area contributed by atoms with Gasteiger partial charge < -0.3 is 4.84 Å². The third-order valence-corrected chi connectivity index (χ3v) is 4.99. The summed E-state index contributed by atoms with van der Waals surface area (Å²) in [5.41, 5.74) is 4.63. The lowest BCUT2D eigenvalue weighted by molar-refractivity contribution is -0.736. The van der Waals surface area contributed by atoms with Crippen molar-refractivity contribution in [3.8, 4) is 0 Å². The molecule has 4 nitrogen and oxygen atoms in total. The molecule has 4 rings (SSSR count). The van der Waals surface area contributed by atoms with Crippen LogP contribution in [0.3, 0.4) is 0 Å². The van der Waals surface area contributed by atoms with Gasteiger partial charge in [-0.3, -0.25) is 10.2 Å². The van der Waals surface area contributed by atoms with Crippen molar-refractivity contribution in [2.45, 2.75) is 12.0 Å². The van der Waals surface area contributed by atoms with E-state index >= 15 is 0 Å². The first-order valence-corrected chi connectivity index (χ1v) is 9.06. The molecule has 2 heterocycles. The monoisotopic (exact) mass is 368 g/mol.